The standard InChI is InChI=1S/C16H25F3N4O.HI/c1-20-15(21-9-4-10-23(2)12-16(17,18)19)22-11-13-5-7-14(24-3)8-6-13;/h5-8H,4,9-12H2,1-3H3,(H2,20,21,22);1H. The Labute approximate surface area is 164 Å². The normalized spacial score (nSPS) is 11.9. The number of nitrogens with one attached hydrogen (secondary N) is 2. The van der Waals surface area contributed by atoms with E-state index in [2.05, 4.69) is 15.6 Å². The summed E-state index contributed by atoms with van der Waals surface area (Å²) < 4.78 is 41.7. The molecule has 0 heterocycles. The molecule has 0 amide bonds. The molecule has 144 valence electrons. The number of hydrogen-bond acceptors (Lipinski definition) is 3. The Morgan fingerprint density at radius 3 is 2.36 bits per heavy atom. The summed E-state index contributed by atoms with van der Waals surface area (Å²) in [6.07, 6.45) is -3.56. The monoisotopic (exact) mass is 474 g/mol. The average Bonchev–Trinajstić information content (AvgIpc) is 2.53. The van der Waals surface area contributed by atoms with Crippen LogP contribution in [0.25, 0.3) is 0 Å². The van der Waals surface area contributed by atoms with Crippen LogP contribution >= 0.6 is 24.0 Å². The lowest BCUT2D eigenvalue weighted by Crippen LogP contribution is -2.39. The number of alkyl halides is 3. The summed E-state index contributed by atoms with van der Waals surface area (Å²) in [7, 11) is 4.73. The molecule has 1 aromatic carbocycles. The zero-order valence-corrected chi connectivity index (χ0v) is 17.0. The highest BCUT2D eigenvalue weighted by Crippen LogP contribution is 2.15. The number of nitrogens with zero attached hydrogens (tertiary/aromatic N) is 2. The molecule has 0 bridgehead atoms. The third kappa shape index (κ3) is 11.1. The number of methoxy groups -OCH3 is 1. The van der Waals surface area contributed by atoms with E-state index >= 15 is 0 Å². The summed E-state index contributed by atoms with van der Waals surface area (Å²) in [5.74, 6) is 1.41. The lowest BCUT2D eigenvalue weighted by molar-refractivity contribution is -0.143. The molecule has 0 fully saturated rings. The van der Waals surface area contributed by atoms with Gasteiger partial charge in [-0.2, -0.15) is 13.2 Å². The van der Waals surface area contributed by atoms with E-state index in [0.29, 0.717) is 32.0 Å². The van der Waals surface area contributed by atoms with Crippen LogP contribution in [-0.2, 0) is 6.54 Å². The van der Waals surface area contributed by atoms with Gasteiger partial charge in [0.25, 0.3) is 0 Å². The number of hydrogen-bond donors (Lipinski definition) is 2. The highest BCUT2D eigenvalue weighted by Gasteiger charge is 2.28. The molecule has 0 aliphatic carbocycles. The first-order chi connectivity index (χ1) is 11.3. The van der Waals surface area contributed by atoms with Gasteiger partial charge in [0.05, 0.1) is 13.7 Å². The van der Waals surface area contributed by atoms with Gasteiger partial charge in [-0.1, -0.05) is 12.1 Å². The summed E-state index contributed by atoms with van der Waals surface area (Å²) in [5.41, 5.74) is 1.07. The predicted molar refractivity (Wildman–Crippen MR) is 105 cm³/mol. The van der Waals surface area contributed by atoms with Crippen LogP contribution in [0.2, 0.25) is 0 Å². The van der Waals surface area contributed by atoms with Crippen molar-refractivity contribution in [2.75, 3.05) is 40.8 Å². The van der Waals surface area contributed by atoms with Crippen LogP contribution in [0.5, 0.6) is 5.75 Å². The third-order valence-electron chi connectivity index (χ3n) is 3.30. The molecular formula is C16H26F3IN4O. The molecule has 0 saturated heterocycles. The molecule has 2 N–H and O–H groups in total. The number of rotatable bonds is 8. The fourth-order valence-corrected chi connectivity index (χ4v) is 2.09. The second-order valence-electron chi connectivity index (χ2n) is 5.41. The van der Waals surface area contributed by atoms with Gasteiger partial charge in [0.1, 0.15) is 5.75 Å². The summed E-state index contributed by atoms with van der Waals surface area (Å²) in [6.45, 7) is 0.613. The van der Waals surface area contributed by atoms with Gasteiger partial charge in [-0.15, -0.1) is 24.0 Å². The SMILES string of the molecule is CN=C(NCCCN(C)CC(F)(F)F)NCc1ccc(OC)cc1.I. The van der Waals surface area contributed by atoms with E-state index in [9.17, 15) is 13.2 Å². The first kappa shape index (κ1) is 23.8. The van der Waals surface area contributed by atoms with Crippen LogP contribution in [0.3, 0.4) is 0 Å². The van der Waals surface area contributed by atoms with Crippen LogP contribution in [0.15, 0.2) is 29.3 Å². The molecule has 0 atom stereocenters. The van der Waals surface area contributed by atoms with Crippen molar-refractivity contribution >= 4 is 29.9 Å². The molecular weight excluding hydrogens is 448 g/mol. The van der Waals surface area contributed by atoms with Gasteiger partial charge >= 0.3 is 6.18 Å². The van der Waals surface area contributed by atoms with E-state index < -0.39 is 12.7 Å². The van der Waals surface area contributed by atoms with Gasteiger partial charge < -0.3 is 15.4 Å². The molecule has 0 aliphatic heterocycles. The van der Waals surface area contributed by atoms with Gasteiger partial charge in [0.2, 0.25) is 0 Å². The number of ether oxygens (including phenoxy) is 1. The van der Waals surface area contributed by atoms with Gasteiger partial charge in [0.15, 0.2) is 5.96 Å². The van der Waals surface area contributed by atoms with E-state index in [1.165, 1.54) is 11.9 Å². The molecule has 0 radical (unpaired) electrons. The predicted octanol–water partition coefficient (Wildman–Crippen LogP) is 2.86. The van der Waals surface area contributed by atoms with Crippen LogP contribution in [0.4, 0.5) is 13.2 Å². The van der Waals surface area contributed by atoms with Crippen molar-refractivity contribution in [3.05, 3.63) is 29.8 Å². The minimum Gasteiger partial charge on any atom is -0.497 e. The number of halogens is 4. The molecule has 0 aromatic heterocycles. The van der Waals surface area contributed by atoms with Crippen molar-refractivity contribution in [1.29, 1.82) is 0 Å². The minimum absolute atomic E-state index is 0. The second kappa shape index (κ2) is 12.2. The zero-order chi connectivity index (χ0) is 18.0. The highest BCUT2D eigenvalue weighted by molar-refractivity contribution is 14.0. The van der Waals surface area contributed by atoms with E-state index in [1.807, 2.05) is 24.3 Å². The topological polar surface area (TPSA) is 48.9 Å². The van der Waals surface area contributed by atoms with E-state index in [4.69, 9.17) is 4.74 Å². The Hall–Kier alpha value is -1.23. The summed E-state index contributed by atoms with van der Waals surface area (Å²) in [5, 5.41) is 6.24. The van der Waals surface area contributed by atoms with Crippen molar-refractivity contribution in [3.63, 3.8) is 0 Å². The highest BCUT2D eigenvalue weighted by atomic mass is 127. The van der Waals surface area contributed by atoms with Crippen molar-refractivity contribution < 1.29 is 17.9 Å². The minimum atomic E-state index is -4.15. The largest absolute Gasteiger partial charge is 0.497 e. The quantitative estimate of drug-likeness (QED) is 0.264. The van der Waals surface area contributed by atoms with Crippen LogP contribution in [0, 0.1) is 0 Å². The van der Waals surface area contributed by atoms with Crippen molar-refractivity contribution in [3.8, 4) is 5.75 Å². The maximum Gasteiger partial charge on any atom is 0.401 e. The fourth-order valence-electron chi connectivity index (χ4n) is 2.09. The number of guanidine groups is 1. The van der Waals surface area contributed by atoms with Gasteiger partial charge in [-0.3, -0.25) is 9.89 Å². The van der Waals surface area contributed by atoms with Gasteiger partial charge in [-0.25, -0.2) is 0 Å². The average molecular weight is 474 g/mol. The molecule has 0 spiro atoms. The second-order valence-corrected chi connectivity index (χ2v) is 5.41. The first-order valence-corrected chi connectivity index (χ1v) is 7.67. The van der Waals surface area contributed by atoms with E-state index in [-0.39, 0.29) is 24.0 Å². The fraction of sp³-hybridized carbons (Fsp3) is 0.562. The third-order valence-corrected chi connectivity index (χ3v) is 3.30. The van der Waals surface area contributed by atoms with E-state index in [1.54, 1.807) is 14.2 Å². The molecule has 1 aromatic rings. The van der Waals surface area contributed by atoms with Crippen molar-refractivity contribution in [2.45, 2.75) is 19.1 Å². The lowest BCUT2D eigenvalue weighted by atomic mass is 10.2. The van der Waals surface area contributed by atoms with E-state index in [0.717, 1.165) is 11.3 Å². The Kier molecular flexibility index (Phi) is 11.6. The zero-order valence-electron chi connectivity index (χ0n) is 14.7. The Balaban J connectivity index is 0.00000576. The van der Waals surface area contributed by atoms with Crippen molar-refractivity contribution in [1.82, 2.24) is 15.5 Å². The van der Waals surface area contributed by atoms with Crippen LogP contribution in [0.1, 0.15) is 12.0 Å². The van der Waals surface area contributed by atoms with Crippen LogP contribution in [-0.4, -0.2) is 57.9 Å². The molecule has 0 saturated carbocycles. The lowest BCUT2D eigenvalue weighted by Gasteiger charge is -2.19. The molecule has 1 rings (SSSR count). The van der Waals surface area contributed by atoms with Gasteiger partial charge in [-0.05, 0) is 37.7 Å². The number of benzene rings is 1. The molecule has 9 heteroatoms. The number of aliphatic imine (C=N–C) groups is 1. The molecule has 0 aliphatic rings. The maximum atomic E-state index is 12.2. The summed E-state index contributed by atoms with van der Waals surface area (Å²) in [6, 6.07) is 7.66. The van der Waals surface area contributed by atoms with Crippen LogP contribution < -0.4 is 15.4 Å². The van der Waals surface area contributed by atoms with Gasteiger partial charge in [0, 0.05) is 20.1 Å². The van der Waals surface area contributed by atoms with Crippen molar-refractivity contribution in [2.24, 2.45) is 4.99 Å². The maximum absolute atomic E-state index is 12.2. The Morgan fingerprint density at radius 1 is 1.20 bits per heavy atom. The smallest absolute Gasteiger partial charge is 0.401 e. The first-order valence-electron chi connectivity index (χ1n) is 7.67. The Bertz CT molecular complexity index is 509. The Morgan fingerprint density at radius 2 is 1.84 bits per heavy atom. The summed E-state index contributed by atoms with van der Waals surface area (Å²) >= 11 is 0. The molecule has 5 nitrogen and oxygen atoms in total. The molecule has 25 heavy (non-hydrogen) atoms. The molecule has 0 unspecified atom stereocenters. The summed E-state index contributed by atoms with van der Waals surface area (Å²) in [4.78, 5) is 5.35.